The molecule has 0 bridgehead atoms. The van der Waals surface area contributed by atoms with Gasteiger partial charge in [0.05, 0.1) is 6.54 Å². The molecule has 2 N–H and O–H groups in total. The number of likely N-dealkylation sites (N-methyl/N-ethyl adjacent to an activating group) is 1. The molecular weight excluding hydrogens is 454 g/mol. The lowest BCUT2D eigenvalue weighted by Gasteiger charge is -2.33. The zero-order valence-electron chi connectivity index (χ0n) is 14.5. The molecule has 0 spiro atoms. The summed E-state index contributed by atoms with van der Waals surface area (Å²) in [7, 11) is 3.97. The molecule has 5 nitrogen and oxygen atoms in total. The van der Waals surface area contributed by atoms with Gasteiger partial charge in [0.25, 0.3) is 0 Å². The Morgan fingerprint density at radius 3 is 2.38 bits per heavy atom. The van der Waals surface area contributed by atoms with Crippen LogP contribution >= 0.6 is 35.3 Å². The van der Waals surface area contributed by atoms with Gasteiger partial charge in [-0.25, -0.2) is 9.98 Å². The molecule has 0 saturated heterocycles. The first-order valence-electron chi connectivity index (χ1n) is 7.27. The van der Waals surface area contributed by atoms with Crippen molar-refractivity contribution >= 4 is 41.3 Å². The number of guanidine groups is 1. The molecule has 0 amide bonds. The molecule has 0 fully saturated rings. The highest BCUT2D eigenvalue weighted by Crippen LogP contribution is 2.30. The van der Waals surface area contributed by atoms with Crippen LogP contribution in [-0.4, -0.2) is 48.6 Å². The predicted molar refractivity (Wildman–Crippen MR) is 103 cm³/mol. The van der Waals surface area contributed by atoms with Gasteiger partial charge in [0.1, 0.15) is 5.01 Å². The fourth-order valence-electron chi connectivity index (χ4n) is 1.46. The quantitative estimate of drug-likeness (QED) is 0.374. The Kier molecular flexibility index (Phi) is 9.51. The Hall–Kier alpha value is -0.620. The number of nitrogens with one attached hydrogen (secondary N) is 2. The van der Waals surface area contributed by atoms with E-state index in [1.165, 1.54) is 0 Å². The molecule has 140 valence electrons. The van der Waals surface area contributed by atoms with Crippen molar-refractivity contribution in [3.05, 3.63) is 16.1 Å². The van der Waals surface area contributed by atoms with Gasteiger partial charge in [-0.2, -0.15) is 13.2 Å². The number of aromatic nitrogens is 1. The highest BCUT2D eigenvalue weighted by Gasteiger charge is 2.33. The monoisotopic (exact) mass is 479 g/mol. The van der Waals surface area contributed by atoms with E-state index in [1.54, 1.807) is 0 Å². The van der Waals surface area contributed by atoms with Crippen molar-refractivity contribution in [1.29, 1.82) is 0 Å². The number of aliphatic imine (C=N–C) groups is 1. The molecule has 0 aliphatic rings. The number of alkyl halides is 3. The van der Waals surface area contributed by atoms with Crippen LogP contribution in [0, 0.1) is 0 Å². The summed E-state index contributed by atoms with van der Waals surface area (Å²) in [6, 6.07) is 0. The van der Waals surface area contributed by atoms with Crippen LogP contribution in [0.1, 0.15) is 31.5 Å². The molecule has 0 atom stereocenters. The molecule has 24 heavy (non-hydrogen) atoms. The van der Waals surface area contributed by atoms with Crippen LogP contribution in [0.4, 0.5) is 13.2 Å². The van der Waals surface area contributed by atoms with E-state index in [1.807, 2.05) is 21.0 Å². The summed E-state index contributed by atoms with van der Waals surface area (Å²) in [4.78, 5) is 9.95. The number of nitrogens with zero attached hydrogens (tertiary/aromatic N) is 3. The Morgan fingerprint density at radius 2 is 1.92 bits per heavy atom. The summed E-state index contributed by atoms with van der Waals surface area (Å²) in [6.07, 6.45) is -4.41. The van der Waals surface area contributed by atoms with Crippen LogP contribution in [0.3, 0.4) is 0 Å². The van der Waals surface area contributed by atoms with Crippen LogP contribution < -0.4 is 10.6 Å². The molecule has 0 saturated carbocycles. The lowest BCUT2D eigenvalue weighted by atomic mass is 10.0. The largest absolute Gasteiger partial charge is 0.434 e. The summed E-state index contributed by atoms with van der Waals surface area (Å²) in [5, 5.41) is 7.63. The third kappa shape index (κ3) is 7.51. The fourth-order valence-corrected chi connectivity index (χ4v) is 2.18. The normalized spacial score (nSPS) is 13.0. The number of hydrogen-bond donors (Lipinski definition) is 2. The van der Waals surface area contributed by atoms with Crippen LogP contribution in [0.25, 0.3) is 0 Å². The molecule has 1 aromatic rings. The van der Waals surface area contributed by atoms with E-state index >= 15 is 0 Å². The zero-order chi connectivity index (χ0) is 17.7. The fraction of sp³-hybridized carbons (Fsp3) is 0.714. The van der Waals surface area contributed by atoms with Crippen molar-refractivity contribution in [1.82, 2.24) is 20.5 Å². The molecule has 0 aromatic carbocycles. The van der Waals surface area contributed by atoms with E-state index in [0.717, 1.165) is 16.7 Å². The lowest BCUT2D eigenvalue weighted by molar-refractivity contribution is -0.140. The molecule has 1 rings (SSSR count). The van der Waals surface area contributed by atoms with Crippen LogP contribution in [0.5, 0.6) is 0 Å². The molecule has 0 aliphatic carbocycles. The smallest absolute Gasteiger partial charge is 0.357 e. The molecule has 0 radical (unpaired) electrons. The van der Waals surface area contributed by atoms with Gasteiger partial charge in [-0.05, 0) is 34.9 Å². The van der Waals surface area contributed by atoms with E-state index in [2.05, 4.69) is 39.4 Å². The topological polar surface area (TPSA) is 52.6 Å². The second-order valence-corrected chi connectivity index (χ2v) is 6.82. The van der Waals surface area contributed by atoms with Crippen molar-refractivity contribution in [3.63, 3.8) is 0 Å². The van der Waals surface area contributed by atoms with E-state index in [0.29, 0.717) is 24.1 Å². The highest BCUT2D eigenvalue weighted by atomic mass is 127. The number of hydrogen-bond acceptors (Lipinski definition) is 4. The van der Waals surface area contributed by atoms with Gasteiger partial charge in [0.2, 0.25) is 0 Å². The minimum Gasteiger partial charge on any atom is -0.357 e. The van der Waals surface area contributed by atoms with Crippen molar-refractivity contribution in [2.24, 2.45) is 4.99 Å². The standard InChI is InChI=1S/C14H24F3N5S.HI/c1-6-18-12(20-9-13(2,3)22(4)5)19-7-11-21-10(8-23-11)14(15,16)17;/h8H,6-7,9H2,1-5H3,(H2,18,19,20);1H. The molecule has 1 heterocycles. The van der Waals surface area contributed by atoms with E-state index in [9.17, 15) is 13.2 Å². The Bertz CT molecular complexity index is 529. The second kappa shape index (κ2) is 9.76. The average molecular weight is 479 g/mol. The molecule has 0 unspecified atom stereocenters. The number of thiazole rings is 1. The van der Waals surface area contributed by atoms with E-state index < -0.39 is 11.9 Å². The second-order valence-electron chi connectivity index (χ2n) is 5.88. The van der Waals surface area contributed by atoms with Crippen molar-refractivity contribution < 1.29 is 13.2 Å². The van der Waals surface area contributed by atoms with Crippen LogP contribution in [0.2, 0.25) is 0 Å². The summed E-state index contributed by atoms with van der Waals surface area (Å²) >= 11 is 0.963. The number of halogens is 4. The SMILES string of the molecule is CCNC(=NCc1nc(C(F)(F)F)cs1)NCC(C)(C)N(C)C.I. The van der Waals surface area contributed by atoms with Gasteiger partial charge in [-0.3, -0.25) is 0 Å². The first kappa shape index (κ1) is 23.4. The summed E-state index contributed by atoms with van der Waals surface area (Å²) in [5.74, 6) is 0.561. The maximum Gasteiger partial charge on any atom is 0.434 e. The average Bonchev–Trinajstić information content (AvgIpc) is 2.90. The Labute approximate surface area is 162 Å². The molecule has 10 heteroatoms. The third-order valence-electron chi connectivity index (χ3n) is 3.46. The summed E-state index contributed by atoms with van der Waals surface area (Å²) < 4.78 is 37.6. The molecule has 1 aromatic heterocycles. The van der Waals surface area contributed by atoms with Crippen molar-refractivity contribution in [2.75, 3.05) is 27.2 Å². The van der Waals surface area contributed by atoms with E-state index in [-0.39, 0.29) is 36.1 Å². The minimum atomic E-state index is -4.41. The van der Waals surface area contributed by atoms with Gasteiger partial charge in [0.15, 0.2) is 11.7 Å². The molecular formula is C14H25F3IN5S. The van der Waals surface area contributed by atoms with Gasteiger partial charge in [-0.1, -0.05) is 0 Å². The summed E-state index contributed by atoms with van der Waals surface area (Å²) in [5.41, 5.74) is -0.944. The maximum absolute atomic E-state index is 12.5. The summed E-state index contributed by atoms with van der Waals surface area (Å²) in [6.45, 7) is 7.52. The van der Waals surface area contributed by atoms with Gasteiger partial charge < -0.3 is 15.5 Å². The first-order valence-corrected chi connectivity index (χ1v) is 8.15. The van der Waals surface area contributed by atoms with Gasteiger partial charge in [-0.15, -0.1) is 35.3 Å². The van der Waals surface area contributed by atoms with E-state index in [4.69, 9.17) is 0 Å². The number of rotatable bonds is 6. The van der Waals surface area contributed by atoms with Crippen LogP contribution in [-0.2, 0) is 12.7 Å². The van der Waals surface area contributed by atoms with Crippen molar-refractivity contribution in [2.45, 2.75) is 39.0 Å². The first-order chi connectivity index (χ1) is 10.6. The lowest BCUT2D eigenvalue weighted by Crippen LogP contribution is -2.50. The Morgan fingerprint density at radius 1 is 1.29 bits per heavy atom. The van der Waals surface area contributed by atoms with Crippen molar-refractivity contribution in [3.8, 4) is 0 Å². The third-order valence-corrected chi connectivity index (χ3v) is 4.29. The minimum absolute atomic E-state index is 0. The zero-order valence-corrected chi connectivity index (χ0v) is 17.6. The van der Waals surface area contributed by atoms with Gasteiger partial charge in [0, 0.05) is 24.0 Å². The van der Waals surface area contributed by atoms with Crippen LogP contribution in [0.15, 0.2) is 10.4 Å². The maximum atomic E-state index is 12.5. The Balaban J connectivity index is 0.00000529. The molecule has 0 aliphatic heterocycles. The highest BCUT2D eigenvalue weighted by molar-refractivity contribution is 14.0. The predicted octanol–water partition coefficient (Wildman–Crippen LogP) is 3.18. The van der Waals surface area contributed by atoms with Gasteiger partial charge >= 0.3 is 6.18 Å².